The quantitative estimate of drug-likeness (QED) is 0.584. The molecule has 3 aromatic carbocycles. The van der Waals surface area contributed by atoms with Gasteiger partial charge in [-0.2, -0.15) is 0 Å². The summed E-state index contributed by atoms with van der Waals surface area (Å²) >= 11 is 0. The molecule has 154 valence electrons. The van der Waals surface area contributed by atoms with Gasteiger partial charge in [0, 0.05) is 29.2 Å². The summed E-state index contributed by atoms with van der Waals surface area (Å²) in [6.45, 7) is 6.73. The number of rotatable bonds is 7. The first kappa shape index (κ1) is 21.1. The molecule has 0 fully saturated rings. The number of hydrogen-bond acceptors (Lipinski definition) is 3. The van der Waals surface area contributed by atoms with E-state index in [1.165, 1.54) is 11.1 Å². The van der Waals surface area contributed by atoms with Crippen molar-refractivity contribution in [2.24, 2.45) is 0 Å². The van der Waals surface area contributed by atoms with E-state index in [1.54, 1.807) is 29.2 Å². The Morgan fingerprint density at radius 3 is 2.30 bits per heavy atom. The van der Waals surface area contributed by atoms with Crippen molar-refractivity contribution in [1.82, 2.24) is 0 Å². The van der Waals surface area contributed by atoms with Gasteiger partial charge in [0.15, 0.2) is 0 Å². The molecule has 0 aromatic heterocycles. The first-order valence-electron chi connectivity index (χ1n) is 10.1. The molecule has 2 N–H and O–H groups in total. The average Bonchev–Trinajstić information content (AvgIpc) is 2.76. The van der Waals surface area contributed by atoms with Crippen molar-refractivity contribution in [3.63, 3.8) is 0 Å². The molecule has 0 aliphatic heterocycles. The maximum absolute atomic E-state index is 13.0. The molecule has 5 heteroatoms. The number of hydrogen-bond donors (Lipinski definition) is 2. The van der Waals surface area contributed by atoms with Gasteiger partial charge in [-0.1, -0.05) is 30.3 Å². The topological polar surface area (TPSA) is 61.4 Å². The van der Waals surface area contributed by atoms with Gasteiger partial charge in [-0.3, -0.25) is 9.59 Å². The Morgan fingerprint density at radius 1 is 0.833 bits per heavy atom. The van der Waals surface area contributed by atoms with Crippen molar-refractivity contribution in [2.75, 3.05) is 28.6 Å². The van der Waals surface area contributed by atoms with E-state index in [0.29, 0.717) is 17.8 Å². The van der Waals surface area contributed by atoms with Crippen molar-refractivity contribution in [2.45, 2.75) is 20.8 Å². The Hall–Kier alpha value is -3.60. The number of nitrogens with zero attached hydrogens (tertiary/aromatic N) is 1. The standard InChI is InChI=1S/C25H27N3O2/c1-4-28(23-11-6-5-7-12-23)25(30)20-9-8-10-22(16-20)27-24(29)17-26-21-14-13-18(2)19(3)15-21/h5-16,26H,4,17H2,1-3H3,(H,27,29). The van der Waals surface area contributed by atoms with Crippen LogP contribution in [0.5, 0.6) is 0 Å². The van der Waals surface area contributed by atoms with E-state index in [1.807, 2.05) is 62.4 Å². The summed E-state index contributed by atoms with van der Waals surface area (Å²) in [6, 6.07) is 22.6. The summed E-state index contributed by atoms with van der Waals surface area (Å²) < 4.78 is 0. The minimum absolute atomic E-state index is 0.104. The van der Waals surface area contributed by atoms with Gasteiger partial charge in [-0.15, -0.1) is 0 Å². The minimum atomic E-state index is -0.173. The van der Waals surface area contributed by atoms with E-state index in [0.717, 1.165) is 11.4 Å². The van der Waals surface area contributed by atoms with Crippen LogP contribution in [0.1, 0.15) is 28.4 Å². The number of aryl methyl sites for hydroxylation is 2. The number of carbonyl (C=O) groups is 2. The molecule has 0 heterocycles. The van der Waals surface area contributed by atoms with Crippen molar-refractivity contribution >= 4 is 28.9 Å². The molecule has 30 heavy (non-hydrogen) atoms. The molecule has 0 radical (unpaired) electrons. The summed E-state index contributed by atoms with van der Waals surface area (Å²) in [6.07, 6.45) is 0. The monoisotopic (exact) mass is 401 g/mol. The molecule has 2 amide bonds. The molecule has 3 aromatic rings. The van der Waals surface area contributed by atoms with Gasteiger partial charge in [0.25, 0.3) is 5.91 Å². The number of para-hydroxylation sites is 1. The lowest BCUT2D eigenvalue weighted by atomic mass is 10.1. The second-order valence-corrected chi connectivity index (χ2v) is 7.17. The zero-order valence-electron chi connectivity index (χ0n) is 17.6. The van der Waals surface area contributed by atoms with Crippen LogP contribution in [0.15, 0.2) is 72.8 Å². The van der Waals surface area contributed by atoms with Crippen LogP contribution >= 0.6 is 0 Å². The summed E-state index contributed by atoms with van der Waals surface area (Å²) in [5.74, 6) is -0.277. The molecule has 3 rings (SSSR count). The van der Waals surface area contributed by atoms with E-state index in [2.05, 4.69) is 17.6 Å². The van der Waals surface area contributed by atoms with Gasteiger partial charge in [0.2, 0.25) is 5.91 Å². The normalized spacial score (nSPS) is 10.4. The van der Waals surface area contributed by atoms with Crippen LogP contribution in [0.4, 0.5) is 17.1 Å². The lowest BCUT2D eigenvalue weighted by Gasteiger charge is -2.21. The Kier molecular flexibility index (Phi) is 6.86. The number of anilines is 3. The molecular weight excluding hydrogens is 374 g/mol. The summed E-state index contributed by atoms with van der Waals surface area (Å²) in [7, 11) is 0. The SMILES string of the molecule is CCN(C(=O)c1cccc(NC(=O)CNc2ccc(C)c(C)c2)c1)c1ccccc1. The van der Waals surface area contributed by atoms with Gasteiger partial charge in [0.05, 0.1) is 6.54 Å². The molecule has 0 saturated carbocycles. The van der Waals surface area contributed by atoms with E-state index in [9.17, 15) is 9.59 Å². The van der Waals surface area contributed by atoms with Crippen LogP contribution < -0.4 is 15.5 Å². The molecular formula is C25H27N3O2. The molecule has 0 unspecified atom stereocenters. The zero-order chi connectivity index (χ0) is 21.5. The average molecular weight is 402 g/mol. The third-order valence-electron chi connectivity index (χ3n) is 4.98. The van der Waals surface area contributed by atoms with E-state index in [-0.39, 0.29) is 18.4 Å². The minimum Gasteiger partial charge on any atom is -0.376 e. The summed E-state index contributed by atoms with van der Waals surface area (Å²) in [5, 5.41) is 5.99. The lowest BCUT2D eigenvalue weighted by molar-refractivity contribution is -0.114. The second-order valence-electron chi connectivity index (χ2n) is 7.17. The number of benzene rings is 3. The summed E-state index contributed by atoms with van der Waals surface area (Å²) in [5.41, 5.74) is 5.25. The molecule has 0 aliphatic rings. The number of amides is 2. The van der Waals surface area contributed by atoms with E-state index < -0.39 is 0 Å². The van der Waals surface area contributed by atoms with Gasteiger partial charge < -0.3 is 15.5 Å². The summed E-state index contributed by atoms with van der Waals surface area (Å²) in [4.78, 5) is 27.1. The Labute approximate surface area is 177 Å². The lowest BCUT2D eigenvalue weighted by Crippen LogP contribution is -2.30. The number of carbonyl (C=O) groups excluding carboxylic acids is 2. The van der Waals surface area contributed by atoms with E-state index in [4.69, 9.17) is 0 Å². The van der Waals surface area contributed by atoms with E-state index >= 15 is 0 Å². The molecule has 0 spiro atoms. The van der Waals surface area contributed by atoms with Crippen LogP contribution in [-0.4, -0.2) is 24.9 Å². The maximum Gasteiger partial charge on any atom is 0.258 e. The predicted molar refractivity (Wildman–Crippen MR) is 123 cm³/mol. The first-order valence-corrected chi connectivity index (χ1v) is 10.1. The van der Waals surface area contributed by atoms with Gasteiger partial charge in [0.1, 0.15) is 0 Å². The highest BCUT2D eigenvalue weighted by molar-refractivity contribution is 6.07. The highest BCUT2D eigenvalue weighted by Gasteiger charge is 2.16. The maximum atomic E-state index is 13.0. The largest absolute Gasteiger partial charge is 0.376 e. The highest BCUT2D eigenvalue weighted by atomic mass is 16.2. The molecule has 0 aliphatic carbocycles. The van der Waals surface area contributed by atoms with Crippen LogP contribution in [0.2, 0.25) is 0 Å². The van der Waals surface area contributed by atoms with Gasteiger partial charge in [-0.25, -0.2) is 0 Å². The fourth-order valence-electron chi connectivity index (χ4n) is 3.18. The predicted octanol–water partition coefficient (Wildman–Crippen LogP) is 5.02. The number of nitrogens with one attached hydrogen (secondary N) is 2. The van der Waals surface area contributed by atoms with Crippen LogP contribution in [-0.2, 0) is 4.79 Å². The van der Waals surface area contributed by atoms with Crippen molar-refractivity contribution in [3.8, 4) is 0 Å². The molecule has 0 atom stereocenters. The Balaban J connectivity index is 1.65. The fourth-order valence-corrected chi connectivity index (χ4v) is 3.18. The van der Waals surface area contributed by atoms with Crippen molar-refractivity contribution < 1.29 is 9.59 Å². The first-order chi connectivity index (χ1) is 14.5. The van der Waals surface area contributed by atoms with Crippen molar-refractivity contribution in [3.05, 3.63) is 89.5 Å². The zero-order valence-corrected chi connectivity index (χ0v) is 17.6. The van der Waals surface area contributed by atoms with Gasteiger partial charge >= 0.3 is 0 Å². The molecule has 0 bridgehead atoms. The fraction of sp³-hybridized carbons (Fsp3) is 0.200. The third-order valence-corrected chi connectivity index (χ3v) is 4.98. The van der Waals surface area contributed by atoms with Gasteiger partial charge in [-0.05, 0) is 74.4 Å². The van der Waals surface area contributed by atoms with Crippen LogP contribution in [0.25, 0.3) is 0 Å². The second kappa shape index (κ2) is 9.74. The highest BCUT2D eigenvalue weighted by Crippen LogP contribution is 2.19. The Morgan fingerprint density at radius 2 is 1.60 bits per heavy atom. The smallest absolute Gasteiger partial charge is 0.258 e. The third kappa shape index (κ3) is 5.26. The Bertz CT molecular complexity index is 1030. The van der Waals surface area contributed by atoms with Crippen molar-refractivity contribution in [1.29, 1.82) is 0 Å². The molecule has 5 nitrogen and oxygen atoms in total. The molecule has 0 saturated heterocycles. The van der Waals surface area contributed by atoms with Crippen LogP contribution in [0.3, 0.4) is 0 Å². The van der Waals surface area contributed by atoms with Crippen LogP contribution in [0, 0.1) is 13.8 Å².